The molecule has 0 aliphatic carbocycles. The average molecular weight is 436 g/mol. The molecular formula is C19H25ClF3N3OS. The lowest BCUT2D eigenvalue weighted by atomic mass is 10.2. The summed E-state index contributed by atoms with van der Waals surface area (Å²) < 4.78 is 39.1. The van der Waals surface area contributed by atoms with Gasteiger partial charge >= 0.3 is 6.18 Å². The van der Waals surface area contributed by atoms with Gasteiger partial charge in [-0.3, -0.25) is 14.6 Å². The van der Waals surface area contributed by atoms with Crippen LogP contribution in [0.3, 0.4) is 0 Å². The van der Waals surface area contributed by atoms with Crippen molar-refractivity contribution in [2.24, 2.45) is 0 Å². The number of carbonyl (C=O) groups excluding carboxylic acids is 1. The molecule has 0 spiro atoms. The van der Waals surface area contributed by atoms with E-state index in [1.54, 1.807) is 6.92 Å². The Bertz CT molecular complexity index is 712. The summed E-state index contributed by atoms with van der Waals surface area (Å²) in [7, 11) is 0. The molecule has 0 aromatic heterocycles. The van der Waals surface area contributed by atoms with Gasteiger partial charge in [0.15, 0.2) is 0 Å². The fourth-order valence-corrected chi connectivity index (χ4v) is 5.13. The Hall–Kier alpha value is -0.960. The average Bonchev–Trinajstić information content (AvgIpc) is 3.30. The molecule has 2 fully saturated rings. The molecule has 1 aromatic rings. The molecule has 2 heterocycles. The minimum absolute atomic E-state index is 0.102. The van der Waals surface area contributed by atoms with E-state index in [0.29, 0.717) is 11.3 Å². The minimum atomic E-state index is -4.56. The summed E-state index contributed by atoms with van der Waals surface area (Å²) in [4.78, 5) is 17.3. The second-order valence-electron chi connectivity index (χ2n) is 7.40. The topological polar surface area (TPSA) is 35.6 Å². The first-order chi connectivity index (χ1) is 13.2. The highest BCUT2D eigenvalue weighted by atomic mass is 35.5. The summed E-state index contributed by atoms with van der Waals surface area (Å²) in [6.07, 6.45) is -0.0429. The van der Waals surface area contributed by atoms with Gasteiger partial charge in [0.2, 0.25) is 5.91 Å². The van der Waals surface area contributed by atoms with E-state index in [-0.39, 0.29) is 16.6 Å². The lowest BCUT2D eigenvalue weighted by Gasteiger charge is -2.28. The maximum Gasteiger partial charge on any atom is 0.417 e. The lowest BCUT2D eigenvalue weighted by molar-refractivity contribution is -0.137. The molecule has 2 saturated heterocycles. The molecule has 0 unspecified atom stereocenters. The first-order valence-corrected chi connectivity index (χ1v) is 11.1. The zero-order chi connectivity index (χ0) is 20.5. The quantitative estimate of drug-likeness (QED) is 0.752. The van der Waals surface area contributed by atoms with Gasteiger partial charge < -0.3 is 5.32 Å². The molecule has 0 radical (unpaired) electrons. The van der Waals surface area contributed by atoms with Crippen LogP contribution in [0.4, 0.5) is 18.9 Å². The maximum atomic E-state index is 13.0. The lowest BCUT2D eigenvalue weighted by Crippen LogP contribution is -2.43. The first kappa shape index (κ1) is 21.7. The maximum absolute atomic E-state index is 13.0. The Kier molecular flexibility index (Phi) is 6.84. The normalized spacial score (nSPS) is 25.2. The molecule has 4 nitrogen and oxygen atoms in total. The van der Waals surface area contributed by atoms with E-state index in [2.05, 4.69) is 21.4 Å². The van der Waals surface area contributed by atoms with E-state index in [1.165, 1.54) is 18.9 Å². The van der Waals surface area contributed by atoms with Crippen molar-refractivity contribution < 1.29 is 18.0 Å². The van der Waals surface area contributed by atoms with E-state index in [9.17, 15) is 18.0 Å². The Labute approximate surface area is 172 Å². The van der Waals surface area contributed by atoms with Gasteiger partial charge in [0, 0.05) is 30.1 Å². The molecule has 3 rings (SSSR count). The van der Waals surface area contributed by atoms with Gasteiger partial charge in [0.1, 0.15) is 0 Å². The first-order valence-electron chi connectivity index (χ1n) is 9.39. The summed E-state index contributed by atoms with van der Waals surface area (Å²) in [5.41, 5.74) is -0.845. The van der Waals surface area contributed by atoms with Crippen molar-refractivity contribution in [1.82, 2.24) is 9.80 Å². The van der Waals surface area contributed by atoms with Crippen LogP contribution in [-0.4, -0.2) is 65.5 Å². The Morgan fingerprint density at radius 3 is 2.57 bits per heavy atom. The molecule has 9 heteroatoms. The number of halogens is 4. The van der Waals surface area contributed by atoms with Crippen LogP contribution < -0.4 is 5.32 Å². The number of likely N-dealkylation sites (tertiary alicyclic amines) is 2. The van der Waals surface area contributed by atoms with Crippen LogP contribution in [0.25, 0.3) is 0 Å². The largest absolute Gasteiger partial charge is 0.417 e. The fraction of sp³-hybridized carbons (Fsp3) is 0.632. The summed E-state index contributed by atoms with van der Waals surface area (Å²) in [5.74, 6) is -0.308. The van der Waals surface area contributed by atoms with E-state index in [1.807, 2.05) is 11.8 Å². The van der Waals surface area contributed by atoms with Gasteiger partial charge in [0.25, 0.3) is 0 Å². The van der Waals surface area contributed by atoms with Crippen molar-refractivity contribution in [2.75, 3.05) is 37.8 Å². The van der Waals surface area contributed by atoms with Crippen LogP contribution in [0.15, 0.2) is 18.2 Å². The Morgan fingerprint density at radius 1 is 1.29 bits per heavy atom. The number of anilines is 1. The van der Waals surface area contributed by atoms with Crippen molar-refractivity contribution in [2.45, 2.75) is 43.3 Å². The van der Waals surface area contributed by atoms with Crippen LogP contribution >= 0.6 is 23.4 Å². The van der Waals surface area contributed by atoms with Gasteiger partial charge in [0.05, 0.1) is 16.6 Å². The van der Waals surface area contributed by atoms with Gasteiger partial charge in [-0.1, -0.05) is 11.6 Å². The third-order valence-electron chi connectivity index (χ3n) is 5.64. The second-order valence-corrected chi connectivity index (χ2v) is 8.88. The van der Waals surface area contributed by atoms with Crippen LogP contribution in [0.5, 0.6) is 0 Å². The number of hydrogen-bond acceptors (Lipinski definition) is 4. The minimum Gasteiger partial charge on any atom is -0.325 e. The van der Waals surface area contributed by atoms with Gasteiger partial charge in [-0.15, -0.1) is 0 Å². The highest BCUT2D eigenvalue weighted by Gasteiger charge is 2.40. The predicted octanol–water partition coefficient (Wildman–Crippen LogP) is 4.20. The van der Waals surface area contributed by atoms with Crippen molar-refractivity contribution in [3.05, 3.63) is 28.8 Å². The molecule has 3 atom stereocenters. The smallest absolute Gasteiger partial charge is 0.325 e. The molecule has 1 amide bonds. The third-order valence-corrected chi connectivity index (χ3v) is 7.04. The Morgan fingerprint density at radius 2 is 1.96 bits per heavy atom. The summed E-state index contributed by atoms with van der Waals surface area (Å²) >= 11 is 7.46. The van der Waals surface area contributed by atoms with Crippen LogP contribution in [0.1, 0.15) is 25.3 Å². The summed E-state index contributed by atoms with van der Waals surface area (Å²) in [6.45, 7) is 5.60. The Balaban J connectivity index is 1.66. The number of rotatable bonds is 5. The zero-order valence-corrected chi connectivity index (χ0v) is 17.5. The van der Waals surface area contributed by atoms with Gasteiger partial charge in [-0.05, 0) is 57.3 Å². The fourth-order valence-electron chi connectivity index (χ4n) is 3.99. The predicted molar refractivity (Wildman–Crippen MR) is 108 cm³/mol. The van der Waals surface area contributed by atoms with Crippen molar-refractivity contribution in [1.29, 1.82) is 0 Å². The number of hydrogen-bond donors (Lipinski definition) is 1. The van der Waals surface area contributed by atoms with E-state index >= 15 is 0 Å². The molecule has 2 aliphatic rings. The molecule has 0 saturated carbocycles. The number of benzene rings is 1. The molecule has 1 aromatic carbocycles. The van der Waals surface area contributed by atoms with Crippen molar-refractivity contribution >= 4 is 35.0 Å². The number of amides is 1. The number of nitrogens with zero attached hydrogens (tertiary/aromatic N) is 2. The number of nitrogens with one attached hydrogen (secondary N) is 1. The molecule has 2 aliphatic heterocycles. The zero-order valence-electron chi connectivity index (χ0n) is 15.9. The van der Waals surface area contributed by atoms with Crippen LogP contribution in [0.2, 0.25) is 5.02 Å². The van der Waals surface area contributed by atoms with Gasteiger partial charge in [-0.2, -0.15) is 24.9 Å². The SMILES string of the molecule is CS[C@@H]1CN([C@@H](C)C(=O)Nc2ccc(Cl)c(C(F)(F)F)c2)C[C@@H]1N1CCCC1. The van der Waals surface area contributed by atoms with Crippen molar-refractivity contribution in [3.8, 4) is 0 Å². The molecule has 156 valence electrons. The third kappa shape index (κ3) is 4.78. The number of carbonyl (C=O) groups is 1. The molecule has 28 heavy (non-hydrogen) atoms. The van der Waals surface area contributed by atoms with Crippen molar-refractivity contribution in [3.63, 3.8) is 0 Å². The highest BCUT2D eigenvalue weighted by molar-refractivity contribution is 7.99. The second kappa shape index (κ2) is 8.81. The molecule has 0 bridgehead atoms. The number of thioether (sulfide) groups is 1. The number of alkyl halides is 3. The van der Waals surface area contributed by atoms with E-state index < -0.39 is 17.8 Å². The standard InChI is InChI=1S/C19H25ClF3N3OS/c1-12(26-10-16(17(11-26)28-2)25-7-3-4-8-25)18(27)24-13-5-6-15(20)14(9-13)19(21,22)23/h5-6,9,12,16-17H,3-4,7-8,10-11H2,1-2H3,(H,24,27)/t12-,16-,17+/m0/s1. The summed E-state index contributed by atoms with van der Waals surface area (Å²) in [6, 6.07) is 3.43. The monoisotopic (exact) mass is 435 g/mol. The molecular weight excluding hydrogens is 411 g/mol. The van der Waals surface area contributed by atoms with Crippen LogP contribution in [0, 0.1) is 0 Å². The van der Waals surface area contributed by atoms with E-state index in [4.69, 9.17) is 11.6 Å². The van der Waals surface area contributed by atoms with Gasteiger partial charge in [-0.25, -0.2) is 0 Å². The van der Waals surface area contributed by atoms with Crippen LogP contribution in [-0.2, 0) is 11.0 Å². The van der Waals surface area contributed by atoms with E-state index in [0.717, 1.165) is 38.3 Å². The molecule has 1 N–H and O–H groups in total. The highest BCUT2D eigenvalue weighted by Crippen LogP contribution is 2.36. The summed E-state index contributed by atoms with van der Waals surface area (Å²) in [5, 5.41) is 2.67.